The van der Waals surface area contributed by atoms with Crippen molar-refractivity contribution >= 4 is 27.5 Å². The zero-order valence-corrected chi connectivity index (χ0v) is 12.4. The normalized spacial score (nSPS) is 18.4. The molecule has 1 atom stereocenters. The van der Waals surface area contributed by atoms with Crippen molar-refractivity contribution < 1.29 is 9.53 Å². The summed E-state index contributed by atoms with van der Waals surface area (Å²) < 4.78 is 5.79. The number of anilines is 1. The number of hydrogen-bond donors (Lipinski definition) is 0. The molecule has 20 heavy (non-hydrogen) atoms. The predicted molar refractivity (Wildman–Crippen MR) is 82.6 cm³/mol. The van der Waals surface area contributed by atoms with Crippen molar-refractivity contribution in [3.63, 3.8) is 0 Å². The number of rotatable bonds is 3. The van der Waals surface area contributed by atoms with Gasteiger partial charge in [-0.1, -0.05) is 40.2 Å². The first-order chi connectivity index (χ1) is 9.72. The minimum Gasteiger partial charge on any atom is -0.457 e. The highest BCUT2D eigenvalue weighted by atomic mass is 79.9. The summed E-state index contributed by atoms with van der Waals surface area (Å²) in [5.41, 5.74) is 0.880. The number of carbonyl (C=O) groups excluding carboxylic acids is 1. The van der Waals surface area contributed by atoms with Crippen LogP contribution in [0, 0.1) is 0 Å². The zero-order chi connectivity index (χ0) is 13.9. The van der Waals surface area contributed by atoms with Crippen LogP contribution in [-0.4, -0.2) is 17.3 Å². The van der Waals surface area contributed by atoms with E-state index in [2.05, 4.69) is 15.9 Å². The minimum absolute atomic E-state index is 0.142. The third-order valence-electron chi connectivity index (χ3n) is 3.19. The molecule has 1 unspecified atom stereocenters. The van der Waals surface area contributed by atoms with E-state index in [1.165, 1.54) is 0 Å². The summed E-state index contributed by atoms with van der Waals surface area (Å²) >= 11 is 3.49. The maximum absolute atomic E-state index is 11.9. The standard InChI is InChI=1S/C16H14BrNO2/c17-12-9-16(19)18(11-12)13-5-4-8-15(10-13)20-14-6-2-1-3-7-14/h1-8,10,12H,9,11H2. The lowest BCUT2D eigenvalue weighted by atomic mass is 10.2. The topological polar surface area (TPSA) is 29.5 Å². The predicted octanol–water partition coefficient (Wildman–Crippen LogP) is 3.98. The van der Waals surface area contributed by atoms with Gasteiger partial charge in [0.25, 0.3) is 0 Å². The molecule has 1 aliphatic heterocycles. The molecule has 1 fully saturated rings. The van der Waals surface area contributed by atoms with Crippen molar-refractivity contribution in [2.24, 2.45) is 0 Å². The van der Waals surface area contributed by atoms with E-state index >= 15 is 0 Å². The molecule has 1 amide bonds. The number of ether oxygens (including phenoxy) is 1. The fraction of sp³-hybridized carbons (Fsp3) is 0.188. The molecule has 2 aromatic rings. The van der Waals surface area contributed by atoms with Gasteiger partial charge in [0, 0.05) is 29.5 Å². The average Bonchev–Trinajstić information content (AvgIpc) is 2.79. The Morgan fingerprint density at radius 1 is 1.05 bits per heavy atom. The van der Waals surface area contributed by atoms with Crippen LogP contribution in [0.1, 0.15) is 6.42 Å². The molecule has 1 aliphatic rings. The molecular formula is C16H14BrNO2. The monoisotopic (exact) mass is 331 g/mol. The van der Waals surface area contributed by atoms with E-state index in [-0.39, 0.29) is 10.7 Å². The number of carbonyl (C=O) groups is 1. The van der Waals surface area contributed by atoms with Crippen LogP contribution >= 0.6 is 15.9 Å². The Hall–Kier alpha value is -1.81. The number of halogens is 1. The first-order valence-corrected chi connectivity index (χ1v) is 7.41. The largest absolute Gasteiger partial charge is 0.457 e. The van der Waals surface area contributed by atoms with Crippen LogP contribution in [0.15, 0.2) is 54.6 Å². The van der Waals surface area contributed by atoms with Crippen LogP contribution in [0.5, 0.6) is 11.5 Å². The van der Waals surface area contributed by atoms with E-state index in [1.54, 1.807) is 4.90 Å². The van der Waals surface area contributed by atoms with E-state index in [1.807, 2.05) is 54.6 Å². The Bertz CT molecular complexity index is 615. The van der Waals surface area contributed by atoms with Crippen molar-refractivity contribution in [2.75, 3.05) is 11.4 Å². The van der Waals surface area contributed by atoms with Gasteiger partial charge in [-0.05, 0) is 24.3 Å². The average molecular weight is 332 g/mol. The fourth-order valence-electron chi connectivity index (χ4n) is 2.25. The Kier molecular flexibility index (Phi) is 3.74. The summed E-state index contributed by atoms with van der Waals surface area (Å²) in [6.07, 6.45) is 0.545. The summed E-state index contributed by atoms with van der Waals surface area (Å²) in [4.78, 5) is 13.9. The summed E-state index contributed by atoms with van der Waals surface area (Å²) in [6, 6.07) is 17.2. The van der Waals surface area contributed by atoms with Crippen LogP contribution in [0.25, 0.3) is 0 Å². The number of para-hydroxylation sites is 1. The molecule has 0 radical (unpaired) electrons. The van der Waals surface area contributed by atoms with Crippen LogP contribution < -0.4 is 9.64 Å². The molecular weight excluding hydrogens is 318 g/mol. The summed E-state index contributed by atoms with van der Waals surface area (Å²) in [5, 5.41) is 0. The first kappa shape index (κ1) is 13.2. The SMILES string of the molecule is O=C1CC(Br)CN1c1cccc(Oc2ccccc2)c1. The quantitative estimate of drug-likeness (QED) is 0.796. The second-order valence-electron chi connectivity index (χ2n) is 4.72. The molecule has 0 aromatic heterocycles. The summed E-state index contributed by atoms with van der Waals surface area (Å²) in [6.45, 7) is 0.702. The van der Waals surface area contributed by atoms with Gasteiger partial charge in [0.15, 0.2) is 0 Å². The van der Waals surface area contributed by atoms with Gasteiger partial charge in [-0.15, -0.1) is 0 Å². The third kappa shape index (κ3) is 2.85. The van der Waals surface area contributed by atoms with Gasteiger partial charge in [0.05, 0.1) is 0 Å². The molecule has 3 nitrogen and oxygen atoms in total. The number of alkyl halides is 1. The number of hydrogen-bond acceptors (Lipinski definition) is 2. The number of amides is 1. The van der Waals surface area contributed by atoms with E-state index in [9.17, 15) is 4.79 Å². The molecule has 0 spiro atoms. The lowest BCUT2D eigenvalue weighted by Gasteiger charge is -2.17. The van der Waals surface area contributed by atoms with Gasteiger partial charge in [-0.25, -0.2) is 0 Å². The molecule has 102 valence electrons. The van der Waals surface area contributed by atoms with Crippen LogP contribution in [0.3, 0.4) is 0 Å². The highest BCUT2D eigenvalue weighted by Gasteiger charge is 2.28. The van der Waals surface area contributed by atoms with Crippen molar-refractivity contribution in [3.8, 4) is 11.5 Å². The summed E-state index contributed by atoms with van der Waals surface area (Å²) in [5.74, 6) is 1.67. The first-order valence-electron chi connectivity index (χ1n) is 6.50. The summed E-state index contributed by atoms with van der Waals surface area (Å²) in [7, 11) is 0. The van der Waals surface area contributed by atoms with E-state index in [0.717, 1.165) is 17.2 Å². The Morgan fingerprint density at radius 3 is 2.50 bits per heavy atom. The molecule has 4 heteroatoms. The Balaban J connectivity index is 1.81. The molecule has 3 rings (SSSR count). The van der Waals surface area contributed by atoms with Gasteiger partial charge in [0.1, 0.15) is 11.5 Å². The Morgan fingerprint density at radius 2 is 1.80 bits per heavy atom. The minimum atomic E-state index is 0.142. The van der Waals surface area contributed by atoms with Gasteiger partial charge in [-0.2, -0.15) is 0 Å². The lowest BCUT2D eigenvalue weighted by Crippen LogP contribution is -2.24. The van der Waals surface area contributed by atoms with Gasteiger partial charge in [-0.3, -0.25) is 4.79 Å². The second-order valence-corrected chi connectivity index (χ2v) is 6.01. The maximum atomic E-state index is 11.9. The molecule has 0 saturated carbocycles. The van der Waals surface area contributed by atoms with Crippen molar-refractivity contribution in [1.82, 2.24) is 0 Å². The molecule has 1 heterocycles. The van der Waals surface area contributed by atoms with Gasteiger partial charge < -0.3 is 9.64 Å². The third-order valence-corrected chi connectivity index (χ3v) is 3.80. The van der Waals surface area contributed by atoms with Crippen molar-refractivity contribution in [1.29, 1.82) is 0 Å². The zero-order valence-electron chi connectivity index (χ0n) is 10.8. The Labute approximate surface area is 126 Å². The second kappa shape index (κ2) is 5.67. The fourth-order valence-corrected chi connectivity index (χ4v) is 2.82. The molecule has 2 aromatic carbocycles. The van der Waals surface area contributed by atoms with E-state index < -0.39 is 0 Å². The van der Waals surface area contributed by atoms with Crippen molar-refractivity contribution in [3.05, 3.63) is 54.6 Å². The smallest absolute Gasteiger partial charge is 0.228 e. The van der Waals surface area contributed by atoms with E-state index in [0.29, 0.717) is 13.0 Å². The van der Waals surface area contributed by atoms with Crippen LogP contribution in [0.2, 0.25) is 0 Å². The van der Waals surface area contributed by atoms with Crippen LogP contribution in [0.4, 0.5) is 5.69 Å². The molecule has 0 N–H and O–H groups in total. The van der Waals surface area contributed by atoms with E-state index in [4.69, 9.17) is 4.74 Å². The van der Waals surface area contributed by atoms with Gasteiger partial charge in [0.2, 0.25) is 5.91 Å². The molecule has 0 bridgehead atoms. The van der Waals surface area contributed by atoms with Crippen molar-refractivity contribution in [2.45, 2.75) is 11.2 Å². The molecule has 0 aliphatic carbocycles. The number of benzene rings is 2. The maximum Gasteiger partial charge on any atom is 0.228 e. The van der Waals surface area contributed by atoms with Crippen LogP contribution in [-0.2, 0) is 4.79 Å². The molecule has 1 saturated heterocycles. The van der Waals surface area contributed by atoms with Gasteiger partial charge >= 0.3 is 0 Å². The number of nitrogens with zero attached hydrogens (tertiary/aromatic N) is 1. The highest BCUT2D eigenvalue weighted by Crippen LogP contribution is 2.29. The highest BCUT2D eigenvalue weighted by molar-refractivity contribution is 9.09. The lowest BCUT2D eigenvalue weighted by molar-refractivity contribution is -0.117.